The van der Waals surface area contributed by atoms with Gasteiger partial charge < -0.3 is 0 Å². The quantitative estimate of drug-likeness (QED) is 0.755. The topological polar surface area (TPSA) is 49.4 Å². The van der Waals surface area contributed by atoms with Crippen molar-refractivity contribution in [3.05, 3.63) is 0 Å². The smallest absolute Gasteiger partial charge is 0.198 e. The van der Waals surface area contributed by atoms with Crippen LogP contribution in [0, 0.1) is 5.92 Å². The molecule has 1 fully saturated rings. The maximum Gasteiger partial charge on any atom is 0.279 e. The molecule has 0 bridgehead atoms. The molecule has 1 heterocycles. The van der Waals surface area contributed by atoms with Gasteiger partial charge in [0.05, 0.1) is 0 Å². The summed E-state index contributed by atoms with van der Waals surface area (Å²) in [7, 11) is -3.31. The van der Waals surface area contributed by atoms with Crippen molar-refractivity contribution in [2.24, 2.45) is 5.92 Å². The van der Waals surface area contributed by atoms with Gasteiger partial charge in [-0.05, 0) is 25.2 Å². The molecule has 0 amide bonds. The van der Waals surface area contributed by atoms with E-state index >= 15 is 0 Å². The average Bonchev–Trinajstić information content (AvgIpc) is 2.56. The molecule has 1 aliphatic heterocycles. The van der Waals surface area contributed by atoms with Gasteiger partial charge >= 0.3 is 0 Å². The highest BCUT2D eigenvalue weighted by molar-refractivity contribution is 9.09. The maximum atomic E-state index is 12.3. The van der Waals surface area contributed by atoms with Gasteiger partial charge in [-0.2, -0.15) is 17.4 Å². The van der Waals surface area contributed by atoms with E-state index in [-0.39, 0.29) is 6.04 Å². The minimum absolute atomic E-state index is 0.0155. The molecule has 0 spiro atoms. The monoisotopic (exact) mass is 340 g/mol. The lowest BCUT2D eigenvalue weighted by Crippen LogP contribution is -2.46. The van der Waals surface area contributed by atoms with Gasteiger partial charge in [0.15, 0.2) is 0 Å². The third-order valence-corrected chi connectivity index (χ3v) is 5.62. The number of nitrogens with one attached hydrogen (secondary N) is 1. The highest BCUT2D eigenvalue weighted by Crippen LogP contribution is 2.14. The summed E-state index contributed by atoms with van der Waals surface area (Å²) in [5, 5.41) is 0.665. The minimum atomic E-state index is -3.31. The molecule has 0 aliphatic carbocycles. The lowest BCUT2D eigenvalue weighted by atomic mass is 10.1. The number of hydrogen-bond donors (Lipinski definition) is 1. The first-order valence-electron chi connectivity index (χ1n) is 6.79. The van der Waals surface area contributed by atoms with Gasteiger partial charge in [-0.3, -0.25) is 0 Å². The summed E-state index contributed by atoms with van der Waals surface area (Å²) in [6, 6.07) is -0.0155. The molecular weight excluding hydrogens is 316 g/mol. The first kappa shape index (κ1) is 16.4. The fourth-order valence-corrected chi connectivity index (χ4v) is 4.41. The predicted octanol–water partition coefficient (Wildman–Crippen LogP) is 2.51. The summed E-state index contributed by atoms with van der Waals surface area (Å²) in [6.07, 6.45) is 5.09. The molecule has 1 unspecified atom stereocenters. The van der Waals surface area contributed by atoms with Gasteiger partial charge in [0, 0.05) is 24.5 Å². The molecule has 1 atom stereocenters. The van der Waals surface area contributed by atoms with Crippen LogP contribution in [0.1, 0.15) is 46.0 Å². The van der Waals surface area contributed by atoms with Gasteiger partial charge in [-0.1, -0.05) is 42.6 Å². The molecule has 0 aromatic carbocycles. The van der Waals surface area contributed by atoms with Crippen LogP contribution in [0.2, 0.25) is 0 Å². The number of halogens is 1. The van der Waals surface area contributed by atoms with Gasteiger partial charge in [0.2, 0.25) is 0 Å². The highest BCUT2D eigenvalue weighted by Gasteiger charge is 2.25. The van der Waals surface area contributed by atoms with Crippen LogP contribution >= 0.6 is 15.9 Å². The molecule has 1 aliphatic rings. The second kappa shape index (κ2) is 7.82. The molecule has 0 radical (unpaired) electrons. The Morgan fingerprint density at radius 2 is 1.72 bits per heavy atom. The van der Waals surface area contributed by atoms with E-state index in [0.29, 0.717) is 24.3 Å². The predicted molar refractivity (Wildman–Crippen MR) is 79.1 cm³/mol. The van der Waals surface area contributed by atoms with E-state index in [1.165, 1.54) is 0 Å². The number of hydrogen-bond acceptors (Lipinski definition) is 2. The van der Waals surface area contributed by atoms with Crippen LogP contribution in [0.25, 0.3) is 0 Å². The van der Waals surface area contributed by atoms with Gasteiger partial charge in [0.1, 0.15) is 0 Å². The molecule has 108 valence electrons. The number of rotatable bonds is 6. The van der Waals surface area contributed by atoms with Crippen molar-refractivity contribution >= 4 is 26.1 Å². The van der Waals surface area contributed by atoms with Crippen molar-refractivity contribution in [3.8, 4) is 0 Å². The largest absolute Gasteiger partial charge is 0.279 e. The zero-order valence-corrected chi connectivity index (χ0v) is 13.8. The fraction of sp³-hybridized carbons (Fsp3) is 1.00. The Hall–Kier alpha value is 0.350. The summed E-state index contributed by atoms with van der Waals surface area (Å²) in [6.45, 7) is 5.53. The summed E-state index contributed by atoms with van der Waals surface area (Å²) in [4.78, 5) is 0. The molecule has 6 heteroatoms. The van der Waals surface area contributed by atoms with Crippen molar-refractivity contribution < 1.29 is 8.42 Å². The van der Waals surface area contributed by atoms with E-state index in [9.17, 15) is 8.42 Å². The van der Waals surface area contributed by atoms with Crippen molar-refractivity contribution in [2.45, 2.75) is 52.0 Å². The van der Waals surface area contributed by atoms with Crippen molar-refractivity contribution in [2.75, 3.05) is 18.4 Å². The summed E-state index contributed by atoms with van der Waals surface area (Å²) >= 11 is 3.39. The maximum absolute atomic E-state index is 12.3. The Bertz CT molecular complexity index is 325. The van der Waals surface area contributed by atoms with E-state index < -0.39 is 10.2 Å². The summed E-state index contributed by atoms with van der Waals surface area (Å²) in [5.74, 6) is 0.486. The third-order valence-electron chi connectivity index (χ3n) is 3.16. The molecule has 4 nitrogen and oxygen atoms in total. The van der Waals surface area contributed by atoms with Crippen LogP contribution in [0.15, 0.2) is 0 Å². The van der Waals surface area contributed by atoms with Gasteiger partial charge in [0.25, 0.3) is 10.2 Å². The van der Waals surface area contributed by atoms with E-state index in [2.05, 4.69) is 34.5 Å². The first-order valence-corrected chi connectivity index (χ1v) is 9.35. The molecule has 1 rings (SSSR count). The standard InChI is InChI=1S/C12H25BrN2O2S/c1-11(2)9-12(10-13)14-18(16,17)15-7-5-3-4-6-8-15/h11-12,14H,3-10H2,1-2H3. The van der Waals surface area contributed by atoms with Crippen LogP contribution in [0.3, 0.4) is 0 Å². The lowest BCUT2D eigenvalue weighted by molar-refractivity contribution is 0.401. The fourth-order valence-electron chi connectivity index (χ4n) is 2.28. The summed E-state index contributed by atoms with van der Waals surface area (Å²) in [5.41, 5.74) is 0. The number of alkyl halides is 1. The second-order valence-corrected chi connectivity index (χ2v) is 7.77. The zero-order chi connectivity index (χ0) is 13.6. The second-order valence-electron chi connectivity index (χ2n) is 5.42. The van der Waals surface area contributed by atoms with Crippen molar-refractivity contribution in [3.63, 3.8) is 0 Å². The Morgan fingerprint density at radius 1 is 1.17 bits per heavy atom. The molecular formula is C12H25BrN2O2S. The minimum Gasteiger partial charge on any atom is -0.198 e. The highest BCUT2D eigenvalue weighted by atomic mass is 79.9. The normalized spacial score (nSPS) is 20.9. The SMILES string of the molecule is CC(C)CC(CBr)NS(=O)(=O)N1CCCCCC1. The van der Waals surface area contributed by atoms with Gasteiger partial charge in [-0.15, -0.1) is 0 Å². The number of nitrogens with zero attached hydrogens (tertiary/aromatic N) is 1. The van der Waals surface area contributed by atoms with E-state index in [1.54, 1.807) is 4.31 Å². The molecule has 0 saturated carbocycles. The van der Waals surface area contributed by atoms with Gasteiger partial charge in [-0.25, -0.2) is 0 Å². The Balaban J connectivity index is 2.60. The first-order chi connectivity index (χ1) is 8.45. The van der Waals surface area contributed by atoms with Crippen molar-refractivity contribution in [1.82, 2.24) is 9.03 Å². The molecule has 1 saturated heterocycles. The molecule has 0 aromatic heterocycles. The van der Waals surface area contributed by atoms with Crippen LogP contribution < -0.4 is 4.72 Å². The molecule has 18 heavy (non-hydrogen) atoms. The lowest BCUT2D eigenvalue weighted by Gasteiger charge is -2.24. The summed E-state index contributed by atoms with van der Waals surface area (Å²) < 4.78 is 29.0. The van der Waals surface area contributed by atoms with Crippen LogP contribution in [-0.2, 0) is 10.2 Å². The van der Waals surface area contributed by atoms with Crippen LogP contribution in [0.4, 0.5) is 0 Å². The zero-order valence-electron chi connectivity index (χ0n) is 11.4. The van der Waals surface area contributed by atoms with E-state index in [0.717, 1.165) is 32.1 Å². The van der Waals surface area contributed by atoms with Crippen LogP contribution in [0.5, 0.6) is 0 Å². The molecule has 1 N–H and O–H groups in total. The van der Waals surface area contributed by atoms with E-state index in [4.69, 9.17) is 0 Å². The van der Waals surface area contributed by atoms with Crippen molar-refractivity contribution in [1.29, 1.82) is 0 Å². The third kappa shape index (κ3) is 5.55. The van der Waals surface area contributed by atoms with Crippen LogP contribution in [-0.4, -0.2) is 37.2 Å². The Labute approximate surface area is 120 Å². The Morgan fingerprint density at radius 3 is 2.17 bits per heavy atom. The molecule has 0 aromatic rings. The van der Waals surface area contributed by atoms with E-state index in [1.807, 2.05) is 0 Å². The Kier molecular flexibility index (Phi) is 7.13. The average molecular weight is 341 g/mol.